The molecule has 79 heavy (non-hydrogen) atoms. The molecule has 0 saturated carbocycles. The molecule has 6 nitrogen and oxygen atoms in total. The molecule has 0 aliphatic heterocycles. The van der Waals surface area contributed by atoms with Crippen LogP contribution >= 0.6 is 0 Å². The average Bonchev–Trinajstić information content (AvgIpc) is 3.45. The summed E-state index contributed by atoms with van der Waals surface area (Å²) in [5.74, 6) is -0.0420. The van der Waals surface area contributed by atoms with E-state index in [1.807, 2.05) is 6.08 Å². The molecule has 0 radical (unpaired) electrons. The van der Waals surface area contributed by atoms with Gasteiger partial charge in [0.15, 0.2) is 0 Å². The smallest absolute Gasteiger partial charge is 0.305 e. The van der Waals surface area contributed by atoms with Gasteiger partial charge in [0.1, 0.15) is 0 Å². The lowest BCUT2D eigenvalue weighted by Gasteiger charge is -2.20. The highest BCUT2D eigenvalue weighted by Gasteiger charge is 2.18. The Balaban J connectivity index is 3.31. The Morgan fingerprint density at radius 1 is 0.342 bits per heavy atom. The molecule has 2 atom stereocenters. The Morgan fingerprint density at radius 2 is 0.595 bits per heavy atom. The zero-order valence-corrected chi connectivity index (χ0v) is 53.6. The predicted molar refractivity (Wildman–Crippen MR) is 347 cm³/mol. The fourth-order valence-corrected chi connectivity index (χ4v) is 11.5. The first-order valence-electron chi connectivity index (χ1n) is 36.1. The molecule has 6 heteroatoms. The quantitative estimate of drug-likeness (QED) is 0.0320. The minimum Gasteiger partial charge on any atom is -0.466 e. The van der Waals surface area contributed by atoms with Crippen LogP contribution in [0.3, 0.4) is 0 Å². The van der Waals surface area contributed by atoms with Crippen molar-refractivity contribution in [3.05, 3.63) is 24.3 Å². The molecule has 0 rings (SSSR count). The molecule has 0 heterocycles. The molecule has 0 aliphatic carbocycles. The maximum absolute atomic E-state index is 12.5. The van der Waals surface area contributed by atoms with Crippen LogP contribution in [0.1, 0.15) is 406 Å². The van der Waals surface area contributed by atoms with E-state index in [4.69, 9.17) is 4.74 Å². The third-order valence-corrected chi connectivity index (χ3v) is 17.0. The molecular formula is C73H141NO5. The van der Waals surface area contributed by atoms with E-state index in [-0.39, 0.29) is 18.5 Å². The number of hydrogen-bond donors (Lipinski definition) is 3. The van der Waals surface area contributed by atoms with Gasteiger partial charge in [-0.15, -0.1) is 0 Å². The number of allylic oxidation sites excluding steroid dienone is 3. The third-order valence-electron chi connectivity index (χ3n) is 17.0. The van der Waals surface area contributed by atoms with Gasteiger partial charge >= 0.3 is 5.97 Å². The van der Waals surface area contributed by atoms with Crippen molar-refractivity contribution in [2.45, 2.75) is 418 Å². The van der Waals surface area contributed by atoms with Crippen molar-refractivity contribution in [2.75, 3.05) is 13.2 Å². The molecule has 2 unspecified atom stereocenters. The molecular weight excluding hydrogens is 971 g/mol. The number of amides is 1. The topological polar surface area (TPSA) is 95.9 Å². The van der Waals surface area contributed by atoms with Crippen molar-refractivity contribution < 1.29 is 24.5 Å². The van der Waals surface area contributed by atoms with Crippen molar-refractivity contribution in [3.8, 4) is 0 Å². The standard InChI is InChI=1S/C73H141NO5/c1-3-5-7-9-11-13-15-17-18-19-33-37-40-43-47-51-55-59-63-67-73(78)79-68-64-60-56-52-48-44-41-38-35-32-30-28-26-24-22-20-21-23-25-27-29-31-34-36-39-42-46-50-54-58-62-66-72(77)74-70(69-75)71(76)65-61-57-53-49-45-16-14-12-10-8-6-4-2/h17-18,61,65,70-71,75-76H,3-16,19-60,62-64,66-69H2,1-2H3,(H,74,77)/b18-17-,65-61+. The fourth-order valence-electron chi connectivity index (χ4n) is 11.5. The number of nitrogens with one attached hydrogen (secondary N) is 1. The average molecular weight is 1110 g/mol. The zero-order chi connectivity index (χ0) is 57.1. The normalized spacial score (nSPS) is 12.6. The lowest BCUT2D eigenvalue weighted by Crippen LogP contribution is -2.45. The highest BCUT2D eigenvalue weighted by Crippen LogP contribution is 2.19. The lowest BCUT2D eigenvalue weighted by molar-refractivity contribution is -0.143. The summed E-state index contributed by atoms with van der Waals surface area (Å²) < 4.78 is 5.51. The second-order valence-electron chi connectivity index (χ2n) is 24.9. The van der Waals surface area contributed by atoms with Crippen molar-refractivity contribution in [3.63, 3.8) is 0 Å². The number of carbonyl (C=O) groups excluding carboxylic acids is 2. The zero-order valence-electron chi connectivity index (χ0n) is 53.6. The van der Waals surface area contributed by atoms with E-state index < -0.39 is 12.1 Å². The Hall–Kier alpha value is -1.66. The van der Waals surface area contributed by atoms with Crippen LogP contribution in [0.25, 0.3) is 0 Å². The van der Waals surface area contributed by atoms with Crippen molar-refractivity contribution >= 4 is 11.9 Å². The summed E-state index contributed by atoms with van der Waals surface area (Å²) in [4.78, 5) is 24.6. The van der Waals surface area contributed by atoms with Crippen molar-refractivity contribution in [1.29, 1.82) is 0 Å². The number of carbonyl (C=O) groups is 2. The summed E-state index contributed by atoms with van der Waals surface area (Å²) in [6.07, 6.45) is 87.1. The Labute approximate surface area is 494 Å². The Bertz CT molecular complexity index is 1230. The van der Waals surface area contributed by atoms with Crippen LogP contribution < -0.4 is 5.32 Å². The monoisotopic (exact) mass is 1110 g/mol. The highest BCUT2D eigenvalue weighted by atomic mass is 16.5. The molecule has 468 valence electrons. The Kier molecular flexibility index (Phi) is 67.4. The van der Waals surface area contributed by atoms with Gasteiger partial charge in [-0.3, -0.25) is 9.59 Å². The maximum atomic E-state index is 12.5. The molecule has 0 aliphatic rings. The summed E-state index contributed by atoms with van der Waals surface area (Å²) in [6.45, 7) is 4.93. The van der Waals surface area contributed by atoms with Crippen LogP contribution in [0.5, 0.6) is 0 Å². The molecule has 0 spiro atoms. The van der Waals surface area contributed by atoms with E-state index in [2.05, 4.69) is 31.3 Å². The first kappa shape index (κ1) is 77.3. The van der Waals surface area contributed by atoms with Gasteiger partial charge in [-0.1, -0.05) is 359 Å². The van der Waals surface area contributed by atoms with Crippen molar-refractivity contribution in [2.24, 2.45) is 0 Å². The van der Waals surface area contributed by atoms with E-state index in [1.165, 1.54) is 340 Å². The van der Waals surface area contributed by atoms with Gasteiger partial charge in [-0.2, -0.15) is 0 Å². The number of rotatable bonds is 68. The molecule has 0 aromatic carbocycles. The molecule has 1 amide bonds. The fraction of sp³-hybridized carbons (Fsp3) is 0.918. The molecule has 0 saturated heterocycles. The lowest BCUT2D eigenvalue weighted by atomic mass is 10.0. The van der Waals surface area contributed by atoms with E-state index in [0.29, 0.717) is 19.4 Å². The van der Waals surface area contributed by atoms with Gasteiger partial charge in [0.25, 0.3) is 0 Å². The SMILES string of the molecule is CCCCCCCC/C=C\CCCCCCCCCCCC(=O)OCCCCCCCCCCCCCCCCCCCCCCCCCCCCCCCCCC(=O)NC(CO)C(O)/C=C/CCCCCCCCCCCC. The van der Waals surface area contributed by atoms with Gasteiger partial charge in [0.2, 0.25) is 5.91 Å². The summed E-state index contributed by atoms with van der Waals surface area (Å²) in [6, 6.07) is -0.623. The molecule has 0 bridgehead atoms. The third kappa shape index (κ3) is 65.4. The van der Waals surface area contributed by atoms with Crippen LogP contribution in [0.2, 0.25) is 0 Å². The molecule has 0 aromatic heterocycles. The number of esters is 1. The summed E-state index contributed by atoms with van der Waals surface area (Å²) >= 11 is 0. The van der Waals surface area contributed by atoms with Crippen LogP contribution in [0, 0.1) is 0 Å². The molecule has 0 fully saturated rings. The van der Waals surface area contributed by atoms with Crippen LogP contribution in [-0.2, 0) is 14.3 Å². The predicted octanol–water partition coefficient (Wildman–Crippen LogP) is 23.3. The van der Waals surface area contributed by atoms with E-state index in [9.17, 15) is 19.8 Å². The summed E-state index contributed by atoms with van der Waals surface area (Å²) in [7, 11) is 0. The van der Waals surface area contributed by atoms with Gasteiger partial charge in [-0.05, 0) is 57.8 Å². The second kappa shape index (κ2) is 68.8. The summed E-state index contributed by atoms with van der Waals surface area (Å²) in [5.41, 5.74) is 0. The van der Waals surface area contributed by atoms with Gasteiger partial charge in [-0.25, -0.2) is 0 Å². The van der Waals surface area contributed by atoms with Gasteiger partial charge in [0, 0.05) is 12.8 Å². The van der Waals surface area contributed by atoms with Crippen molar-refractivity contribution in [1.82, 2.24) is 5.32 Å². The largest absolute Gasteiger partial charge is 0.466 e. The van der Waals surface area contributed by atoms with Crippen LogP contribution in [-0.4, -0.2) is 47.4 Å². The molecule has 0 aromatic rings. The maximum Gasteiger partial charge on any atom is 0.305 e. The minimum atomic E-state index is -0.840. The minimum absolute atomic E-state index is 0.0206. The number of aliphatic hydroxyl groups excluding tert-OH is 2. The Morgan fingerprint density at radius 3 is 0.899 bits per heavy atom. The number of hydrogen-bond acceptors (Lipinski definition) is 5. The van der Waals surface area contributed by atoms with Gasteiger partial charge in [0.05, 0.1) is 25.4 Å². The van der Waals surface area contributed by atoms with E-state index in [0.717, 1.165) is 38.5 Å². The van der Waals surface area contributed by atoms with E-state index in [1.54, 1.807) is 6.08 Å². The first-order chi connectivity index (χ1) is 39.0. The molecule has 3 N–H and O–H groups in total. The summed E-state index contributed by atoms with van der Waals surface area (Å²) in [5, 5.41) is 23.1. The first-order valence-corrected chi connectivity index (χ1v) is 36.1. The highest BCUT2D eigenvalue weighted by molar-refractivity contribution is 5.76. The van der Waals surface area contributed by atoms with E-state index >= 15 is 0 Å². The van der Waals surface area contributed by atoms with Gasteiger partial charge < -0.3 is 20.3 Å². The second-order valence-corrected chi connectivity index (χ2v) is 24.9. The number of unbranched alkanes of at least 4 members (excludes halogenated alkanes) is 55. The van der Waals surface area contributed by atoms with Crippen LogP contribution in [0.4, 0.5) is 0 Å². The number of ether oxygens (including phenoxy) is 1. The number of aliphatic hydroxyl groups is 2. The van der Waals surface area contributed by atoms with Crippen LogP contribution in [0.15, 0.2) is 24.3 Å².